The third-order valence-corrected chi connectivity index (χ3v) is 3.98. The van der Waals surface area contributed by atoms with Gasteiger partial charge in [0.15, 0.2) is 0 Å². The lowest BCUT2D eigenvalue weighted by molar-refractivity contribution is -0.145. The van der Waals surface area contributed by atoms with Crippen molar-refractivity contribution in [2.75, 3.05) is 25.5 Å². The second-order valence-corrected chi connectivity index (χ2v) is 6.99. The molecule has 1 aliphatic rings. The minimum absolute atomic E-state index is 0.109. The van der Waals surface area contributed by atoms with Crippen molar-refractivity contribution in [2.45, 2.75) is 32.9 Å². The molecule has 0 fully saturated rings. The lowest BCUT2D eigenvalue weighted by atomic mass is 10.3. The van der Waals surface area contributed by atoms with Gasteiger partial charge in [0.05, 0.1) is 18.3 Å². The van der Waals surface area contributed by atoms with Crippen LogP contribution in [-0.2, 0) is 16.1 Å². The number of pyridine rings is 1. The molecule has 0 saturated carbocycles. The summed E-state index contributed by atoms with van der Waals surface area (Å²) >= 11 is 1.66. The molecule has 0 spiro atoms. The molecule has 0 amide bonds. The third-order valence-electron chi connectivity index (χ3n) is 3.06. The van der Waals surface area contributed by atoms with Crippen LogP contribution < -0.4 is 5.32 Å². The van der Waals surface area contributed by atoms with E-state index in [0.717, 1.165) is 23.6 Å². The lowest BCUT2D eigenvalue weighted by Crippen LogP contribution is -2.21. The van der Waals surface area contributed by atoms with E-state index >= 15 is 0 Å². The zero-order chi connectivity index (χ0) is 17.4. The second-order valence-electron chi connectivity index (χ2n) is 5.71. The first-order valence-electron chi connectivity index (χ1n) is 8.01. The van der Waals surface area contributed by atoms with Crippen molar-refractivity contribution in [1.82, 2.24) is 9.29 Å². The summed E-state index contributed by atoms with van der Waals surface area (Å²) in [6, 6.07) is 5.74. The summed E-state index contributed by atoms with van der Waals surface area (Å²) < 4.78 is 7.21. The molecule has 0 aromatic carbocycles. The number of aromatic nitrogens is 1. The molecule has 7 heteroatoms. The highest BCUT2D eigenvalue weighted by atomic mass is 32.2. The van der Waals surface area contributed by atoms with Crippen LogP contribution in [0.1, 0.15) is 26.0 Å². The van der Waals surface area contributed by atoms with Crippen LogP contribution in [0.4, 0.5) is 5.82 Å². The van der Waals surface area contributed by atoms with Crippen LogP contribution in [0.25, 0.3) is 0 Å². The number of hydrogen-bond acceptors (Lipinski definition) is 7. The van der Waals surface area contributed by atoms with Crippen LogP contribution in [0.3, 0.4) is 0 Å². The number of dihydropyridines is 1. The van der Waals surface area contributed by atoms with Crippen LogP contribution >= 0.6 is 11.9 Å². The monoisotopic (exact) mass is 348 g/mol. The number of ether oxygens (including phenoxy) is 1. The van der Waals surface area contributed by atoms with Crippen LogP contribution in [0.5, 0.6) is 0 Å². The highest BCUT2D eigenvalue weighted by molar-refractivity contribution is 8.01. The van der Waals surface area contributed by atoms with Crippen LogP contribution in [0.2, 0.25) is 0 Å². The number of hydrogen-bond donors (Lipinski definition) is 1. The van der Waals surface area contributed by atoms with E-state index in [2.05, 4.69) is 25.7 Å². The van der Waals surface area contributed by atoms with Crippen LogP contribution in [0.15, 0.2) is 34.2 Å². The number of esters is 1. The van der Waals surface area contributed by atoms with Crippen molar-refractivity contribution in [3.63, 3.8) is 0 Å². The summed E-state index contributed by atoms with van der Waals surface area (Å²) in [7, 11) is 2.02. The number of nitrogens with zero attached hydrogens (tertiary/aromatic N) is 3. The van der Waals surface area contributed by atoms with E-state index in [-0.39, 0.29) is 18.6 Å². The van der Waals surface area contributed by atoms with Gasteiger partial charge in [-0.2, -0.15) is 0 Å². The van der Waals surface area contributed by atoms with Crippen molar-refractivity contribution in [2.24, 2.45) is 4.99 Å². The normalized spacial score (nSPS) is 14.0. The highest BCUT2D eigenvalue weighted by Crippen LogP contribution is 2.22. The topological polar surface area (TPSA) is 66.8 Å². The largest absolute Gasteiger partial charge is 0.462 e. The number of nitrogens with one attached hydrogen (secondary N) is 1. The first kappa shape index (κ1) is 18.5. The molecule has 0 atom stereocenters. The summed E-state index contributed by atoms with van der Waals surface area (Å²) in [5, 5.41) is 3.00. The number of allylic oxidation sites excluding steroid dienone is 1. The molecule has 1 N–H and O–H groups in total. The molecule has 2 rings (SSSR count). The summed E-state index contributed by atoms with van der Waals surface area (Å²) in [5.74, 6) is 0.387. The fourth-order valence-electron chi connectivity index (χ4n) is 2.12. The Kier molecular flexibility index (Phi) is 7.27. The number of aliphatic imine (C=N–C) groups is 1. The molecule has 2 heterocycles. The highest BCUT2D eigenvalue weighted by Gasteiger charge is 2.08. The second kappa shape index (κ2) is 9.44. The van der Waals surface area contributed by atoms with Gasteiger partial charge in [-0.1, -0.05) is 12.1 Å². The van der Waals surface area contributed by atoms with E-state index in [9.17, 15) is 4.79 Å². The Morgan fingerprint density at radius 1 is 1.46 bits per heavy atom. The Balaban J connectivity index is 1.84. The predicted octanol–water partition coefficient (Wildman–Crippen LogP) is 2.88. The van der Waals surface area contributed by atoms with E-state index in [1.54, 1.807) is 11.9 Å². The number of carbonyl (C=O) groups excluding carboxylic acids is 1. The zero-order valence-corrected chi connectivity index (χ0v) is 15.2. The van der Waals surface area contributed by atoms with Gasteiger partial charge in [0.1, 0.15) is 12.4 Å². The van der Waals surface area contributed by atoms with Gasteiger partial charge in [-0.15, -0.1) is 0 Å². The molecule has 0 unspecified atom stereocenters. The van der Waals surface area contributed by atoms with Crippen LogP contribution in [-0.4, -0.2) is 47.7 Å². The van der Waals surface area contributed by atoms with Gasteiger partial charge in [-0.05, 0) is 51.4 Å². The molecule has 0 aliphatic carbocycles. The molecule has 1 aromatic rings. The molecule has 130 valence electrons. The Labute approximate surface area is 147 Å². The summed E-state index contributed by atoms with van der Waals surface area (Å²) in [4.78, 5) is 21.5. The SMILES string of the molecule is CC(C)OC(=O)CNc1cccc(CN(C)SC2=CCCN=C2)n1. The van der Waals surface area contributed by atoms with Gasteiger partial charge in [0, 0.05) is 17.7 Å². The molecular weight excluding hydrogens is 324 g/mol. The Bertz CT molecular complexity index is 616. The molecule has 1 aliphatic heterocycles. The Morgan fingerprint density at radius 3 is 3.00 bits per heavy atom. The zero-order valence-electron chi connectivity index (χ0n) is 14.4. The van der Waals surface area contributed by atoms with E-state index in [0.29, 0.717) is 12.4 Å². The number of carbonyl (C=O) groups is 1. The van der Waals surface area contributed by atoms with Crippen molar-refractivity contribution in [3.8, 4) is 0 Å². The predicted molar refractivity (Wildman–Crippen MR) is 99.1 cm³/mol. The smallest absolute Gasteiger partial charge is 0.325 e. The summed E-state index contributed by atoms with van der Waals surface area (Å²) in [6.45, 7) is 5.35. The standard InChI is InChI=1S/C17H24N4O2S/c1-13(2)23-17(22)11-19-16-8-4-6-14(20-16)12-21(3)24-15-7-5-9-18-10-15/h4,6-8,10,13H,5,9,11-12H2,1-3H3,(H,19,20). The van der Waals surface area contributed by atoms with E-state index in [1.807, 2.05) is 45.3 Å². The lowest BCUT2D eigenvalue weighted by Gasteiger charge is -2.17. The fourth-order valence-corrected chi connectivity index (χ4v) is 2.99. The molecule has 0 radical (unpaired) electrons. The van der Waals surface area contributed by atoms with Gasteiger partial charge in [-0.3, -0.25) is 9.79 Å². The molecule has 6 nitrogen and oxygen atoms in total. The van der Waals surface area contributed by atoms with E-state index in [1.165, 1.54) is 0 Å². The summed E-state index contributed by atoms with van der Waals surface area (Å²) in [6.07, 6.45) is 4.99. The van der Waals surface area contributed by atoms with Crippen molar-refractivity contribution >= 4 is 29.9 Å². The Hall–Kier alpha value is -1.86. The van der Waals surface area contributed by atoms with Gasteiger partial charge >= 0.3 is 5.97 Å². The van der Waals surface area contributed by atoms with Gasteiger partial charge in [0.25, 0.3) is 0 Å². The van der Waals surface area contributed by atoms with Crippen molar-refractivity contribution in [3.05, 3.63) is 34.9 Å². The average molecular weight is 348 g/mol. The number of rotatable bonds is 8. The first-order chi connectivity index (χ1) is 11.5. The van der Waals surface area contributed by atoms with Crippen molar-refractivity contribution < 1.29 is 9.53 Å². The average Bonchev–Trinajstić information content (AvgIpc) is 2.53. The van der Waals surface area contributed by atoms with E-state index < -0.39 is 0 Å². The third kappa shape index (κ3) is 6.72. The first-order valence-corrected chi connectivity index (χ1v) is 8.78. The maximum absolute atomic E-state index is 11.6. The molecule has 0 bridgehead atoms. The maximum Gasteiger partial charge on any atom is 0.325 e. The quantitative estimate of drug-likeness (QED) is 0.575. The number of anilines is 1. The molecule has 0 saturated heterocycles. The van der Waals surface area contributed by atoms with Gasteiger partial charge in [0.2, 0.25) is 0 Å². The molecular formula is C17H24N4O2S. The van der Waals surface area contributed by atoms with E-state index in [4.69, 9.17) is 4.74 Å². The summed E-state index contributed by atoms with van der Waals surface area (Å²) in [5.41, 5.74) is 0.931. The minimum Gasteiger partial charge on any atom is -0.462 e. The molecule has 1 aromatic heterocycles. The molecule has 24 heavy (non-hydrogen) atoms. The van der Waals surface area contributed by atoms with Crippen molar-refractivity contribution in [1.29, 1.82) is 0 Å². The minimum atomic E-state index is -0.284. The van der Waals surface area contributed by atoms with Crippen LogP contribution in [0, 0.1) is 0 Å². The Morgan fingerprint density at radius 2 is 2.29 bits per heavy atom. The fraction of sp³-hybridized carbons (Fsp3) is 0.471. The van der Waals surface area contributed by atoms with Gasteiger partial charge in [-0.25, -0.2) is 9.29 Å². The maximum atomic E-state index is 11.6. The van der Waals surface area contributed by atoms with Gasteiger partial charge < -0.3 is 10.1 Å².